The molecule has 2 aliphatic rings. The number of Topliss-reactive ketones (excluding diaryl/α,β-unsaturated/α-hetero) is 1. The first-order chi connectivity index (χ1) is 9.18. The molecule has 0 radical (unpaired) electrons. The van der Waals surface area contributed by atoms with Gasteiger partial charge in [0.25, 0.3) is 0 Å². The van der Waals surface area contributed by atoms with E-state index in [2.05, 4.69) is 4.90 Å². The van der Waals surface area contributed by atoms with E-state index in [1.807, 2.05) is 19.1 Å². The van der Waals surface area contributed by atoms with Crippen LogP contribution in [0.3, 0.4) is 0 Å². The van der Waals surface area contributed by atoms with Crippen LogP contribution in [0.2, 0.25) is 0 Å². The van der Waals surface area contributed by atoms with E-state index >= 15 is 0 Å². The van der Waals surface area contributed by atoms with Gasteiger partial charge < -0.3 is 4.90 Å². The molecular weight excluding hydrogens is 238 g/mol. The fraction of sp³-hybridized carbons (Fsp3) is 0.375. The number of rotatable bonds is 1. The molecular formula is C16H17NO2. The highest BCUT2D eigenvalue weighted by molar-refractivity contribution is 6.24. The number of piperidine rings is 1. The fourth-order valence-electron chi connectivity index (χ4n) is 2.95. The number of aryl methyl sites for hydroxylation is 1. The minimum absolute atomic E-state index is 0.000185. The highest BCUT2D eigenvalue weighted by Gasteiger charge is 2.30. The van der Waals surface area contributed by atoms with Crippen molar-refractivity contribution in [2.24, 2.45) is 0 Å². The summed E-state index contributed by atoms with van der Waals surface area (Å²) in [5, 5.41) is 0. The average Bonchev–Trinajstić information content (AvgIpc) is 2.43. The van der Waals surface area contributed by atoms with Crippen LogP contribution in [-0.2, 0) is 0 Å². The summed E-state index contributed by atoms with van der Waals surface area (Å²) >= 11 is 0. The maximum Gasteiger partial charge on any atom is 0.209 e. The zero-order chi connectivity index (χ0) is 13.4. The van der Waals surface area contributed by atoms with Gasteiger partial charge in [-0.25, -0.2) is 0 Å². The first-order valence-corrected chi connectivity index (χ1v) is 6.84. The Bertz CT molecular complexity index is 580. The number of hydrogen-bond donors (Lipinski definition) is 0. The van der Waals surface area contributed by atoms with Crippen LogP contribution in [0.4, 0.5) is 0 Å². The second kappa shape index (κ2) is 4.65. The molecule has 3 rings (SSSR count). The Morgan fingerprint density at radius 2 is 1.79 bits per heavy atom. The zero-order valence-corrected chi connectivity index (χ0v) is 11.1. The Balaban J connectivity index is 2.02. The van der Waals surface area contributed by atoms with Crippen molar-refractivity contribution >= 4 is 11.6 Å². The van der Waals surface area contributed by atoms with Gasteiger partial charge in [-0.05, 0) is 31.7 Å². The van der Waals surface area contributed by atoms with E-state index < -0.39 is 0 Å². The Morgan fingerprint density at radius 1 is 1.05 bits per heavy atom. The molecule has 1 heterocycles. The standard InChI is InChI=1S/C16H17NO2/c1-11-6-5-7-12-15(11)14(18)10-13(16(12)19)17-8-3-2-4-9-17/h5-7,10H,2-4,8-9H2,1H3. The number of likely N-dealkylation sites (tertiary alicyclic amines) is 1. The molecule has 98 valence electrons. The van der Waals surface area contributed by atoms with Crippen LogP contribution in [0, 0.1) is 6.92 Å². The number of ketones is 2. The normalized spacial score (nSPS) is 19.2. The van der Waals surface area contributed by atoms with Crippen molar-refractivity contribution in [1.82, 2.24) is 4.90 Å². The maximum atomic E-state index is 12.6. The van der Waals surface area contributed by atoms with Crippen molar-refractivity contribution in [2.75, 3.05) is 13.1 Å². The quantitative estimate of drug-likeness (QED) is 0.774. The molecule has 1 fully saturated rings. The van der Waals surface area contributed by atoms with E-state index in [9.17, 15) is 9.59 Å². The summed E-state index contributed by atoms with van der Waals surface area (Å²) in [4.78, 5) is 26.9. The summed E-state index contributed by atoms with van der Waals surface area (Å²) in [6, 6.07) is 5.49. The third kappa shape index (κ3) is 1.99. The van der Waals surface area contributed by atoms with Crippen molar-refractivity contribution in [3.05, 3.63) is 46.7 Å². The molecule has 0 saturated carbocycles. The van der Waals surface area contributed by atoms with E-state index in [4.69, 9.17) is 0 Å². The van der Waals surface area contributed by atoms with Crippen molar-refractivity contribution in [1.29, 1.82) is 0 Å². The summed E-state index contributed by atoms with van der Waals surface area (Å²) in [5.74, 6) is -0.0338. The van der Waals surface area contributed by atoms with Gasteiger partial charge in [0.15, 0.2) is 5.78 Å². The summed E-state index contributed by atoms with van der Waals surface area (Å²) in [7, 11) is 0. The summed E-state index contributed by atoms with van der Waals surface area (Å²) in [6.07, 6.45) is 4.93. The maximum absolute atomic E-state index is 12.6. The summed E-state index contributed by atoms with van der Waals surface area (Å²) < 4.78 is 0. The third-order valence-corrected chi connectivity index (χ3v) is 3.96. The lowest BCUT2D eigenvalue weighted by Gasteiger charge is -2.32. The molecule has 1 aliphatic heterocycles. The van der Waals surface area contributed by atoms with Gasteiger partial charge in [-0.2, -0.15) is 0 Å². The lowest BCUT2D eigenvalue weighted by Crippen LogP contribution is -2.35. The molecule has 3 nitrogen and oxygen atoms in total. The van der Waals surface area contributed by atoms with E-state index in [1.165, 1.54) is 12.5 Å². The Hall–Kier alpha value is -1.90. The van der Waals surface area contributed by atoms with Gasteiger partial charge in [0.2, 0.25) is 5.78 Å². The van der Waals surface area contributed by atoms with Crippen molar-refractivity contribution in [2.45, 2.75) is 26.2 Å². The summed E-state index contributed by atoms with van der Waals surface area (Å²) in [5.41, 5.74) is 2.61. The number of carbonyl (C=O) groups excluding carboxylic acids is 2. The number of fused-ring (bicyclic) bond motifs is 1. The fourth-order valence-corrected chi connectivity index (χ4v) is 2.95. The van der Waals surface area contributed by atoms with E-state index in [0.717, 1.165) is 31.5 Å². The topological polar surface area (TPSA) is 37.4 Å². The molecule has 3 heteroatoms. The van der Waals surface area contributed by atoms with Crippen molar-refractivity contribution in [3.8, 4) is 0 Å². The molecule has 19 heavy (non-hydrogen) atoms. The monoisotopic (exact) mass is 255 g/mol. The van der Waals surface area contributed by atoms with Gasteiger partial charge in [-0.3, -0.25) is 9.59 Å². The molecule has 0 N–H and O–H groups in total. The summed E-state index contributed by atoms with van der Waals surface area (Å²) in [6.45, 7) is 3.64. The van der Waals surface area contributed by atoms with Crippen LogP contribution >= 0.6 is 0 Å². The zero-order valence-electron chi connectivity index (χ0n) is 11.1. The van der Waals surface area contributed by atoms with E-state index in [-0.39, 0.29) is 11.6 Å². The molecule has 1 aromatic rings. The Labute approximate surface area is 112 Å². The number of carbonyl (C=O) groups is 2. The van der Waals surface area contributed by atoms with Crippen LogP contribution in [0.25, 0.3) is 0 Å². The van der Waals surface area contributed by atoms with E-state index in [1.54, 1.807) is 6.07 Å². The van der Waals surface area contributed by atoms with Gasteiger partial charge >= 0.3 is 0 Å². The Kier molecular flexibility index (Phi) is 2.97. The highest BCUT2D eigenvalue weighted by Crippen LogP contribution is 2.27. The minimum Gasteiger partial charge on any atom is -0.368 e. The second-order valence-corrected chi connectivity index (χ2v) is 5.27. The number of hydrogen-bond acceptors (Lipinski definition) is 3. The van der Waals surface area contributed by atoms with Gasteiger partial charge in [-0.1, -0.05) is 18.2 Å². The number of benzene rings is 1. The minimum atomic E-state index is -0.0340. The lowest BCUT2D eigenvalue weighted by molar-refractivity contribution is 0.0943. The largest absolute Gasteiger partial charge is 0.368 e. The molecule has 0 atom stereocenters. The van der Waals surface area contributed by atoms with Crippen LogP contribution in [0.5, 0.6) is 0 Å². The van der Waals surface area contributed by atoms with Gasteiger partial charge in [0, 0.05) is 30.3 Å². The van der Waals surface area contributed by atoms with Gasteiger partial charge in [0.05, 0.1) is 5.70 Å². The highest BCUT2D eigenvalue weighted by atomic mass is 16.1. The first-order valence-electron chi connectivity index (χ1n) is 6.84. The molecule has 1 aromatic carbocycles. The van der Waals surface area contributed by atoms with Crippen LogP contribution in [0.1, 0.15) is 45.5 Å². The second-order valence-electron chi connectivity index (χ2n) is 5.27. The molecule has 0 bridgehead atoms. The van der Waals surface area contributed by atoms with Crippen LogP contribution in [-0.4, -0.2) is 29.6 Å². The molecule has 0 amide bonds. The lowest BCUT2D eigenvalue weighted by atomic mass is 9.88. The number of allylic oxidation sites excluding steroid dienone is 2. The van der Waals surface area contributed by atoms with Crippen molar-refractivity contribution < 1.29 is 9.59 Å². The first kappa shape index (κ1) is 12.2. The molecule has 1 saturated heterocycles. The van der Waals surface area contributed by atoms with E-state index in [0.29, 0.717) is 16.8 Å². The van der Waals surface area contributed by atoms with Crippen LogP contribution < -0.4 is 0 Å². The smallest absolute Gasteiger partial charge is 0.209 e. The van der Waals surface area contributed by atoms with Gasteiger partial charge in [0.1, 0.15) is 0 Å². The third-order valence-electron chi connectivity index (χ3n) is 3.96. The van der Waals surface area contributed by atoms with Crippen LogP contribution in [0.15, 0.2) is 30.0 Å². The average molecular weight is 255 g/mol. The van der Waals surface area contributed by atoms with Crippen molar-refractivity contribution in [3.63, 3.8) is 0 Å². The molecule has 0 unspecified atom stereocenters. The Morgan fingerprint density at radius 3 is 2.53 bits per heavy atom. The molecule has 1 aliphatic carbocycles. The predicted molar refractivity (Wildman–Crippen MR) is 73.3 cm³/mol. The molecule has 0 aromatic heterocycles. The predicted octanol–water partition coefficient (Wildman–Crippen LogP) is 2.74. The SMILES string of the molecule is Cc1cccc2c1C(=O)C=C(N1CCCCC1)C2=O. The number of nitrogens with zero attached hydrogens (tertiary/aromatic N) is 1. The van der Waals surface area contributed by atoms with Gasteiger partial charge in [-0.15, -0.1) is 0 Å². The molecule has 0 spiro atoms.